The van der Waals surface area contributed by atoms with Gasteiger partial charge in [-0.05, 0) is 42.5 Å². The van der Waals surface area contributed by atoms with Gasteiger partial charge in [0.1, 0.15) is 5.75 Å². The van der Waals surface area contributed by atoms with Gasteiger partial charge in [-0.2, -0.15) is 18.3 Å². The Morgan fingerprint density at radius 1 is 0.971 bits per heavy atom. The summed E-state index contributed by atoms with van der Waals surface area (Å²) < 4.78 is 44.8. The van der Waals surface area contributed by atoms with Crippen LogP contribution in [-0.4, -0.2) is 24.6 Å². The number of halogens is 5. The van der Waals surface area contributed by atoms with Gasteiger partial charge in [-0.1, -0.05) is 47.5 Å². The first-order valence-electron chi connectivity index (χ1n) is 9.61. The number of carbonyl (C=O) groups is 2. The number of hydrogen-bond acceptors (Lipinski definition) is 4. The molecule has 34 heavy (non-hydrogen) atoms. The van der Waals surface area contributed by atoms with Gasteiger partial charge < -0.3 is 10.1 Å². The van der Waals surface area contributed by atoms with Crippen LogP contribution in [0.15, 0.2) is 71.8 Å². The molecule has 0 bridgehead atoms. The van der Waals surface area contributed by atoms with E-state index in [1.165, 1.54) is 30.5 Å². The zero-order valence-corrected chi connectivity index (χ0v) is 18.7. The second kappa shape index (κ2) is 11.0. The third kappa shape index (κ3) is 6.72. The summed E-state index contributed by atoms with van der Waals surface area (Å²) in [5.41, 5.74) is 1.25. The zero-order valence-electron chi connectivity index (χ0n) is 17.2. The van der Waals surface area contributed by atoms with Crippen molar-refractivity contribution in [1.82, 2.24) is 5.43 Å². The molecule has 0 spiro atoms. The summed E-state index contributed by atoms with van der Waals surface area (Å²) in [5, 5.41) is 6.94. The van der Waals surface area contributed by atoms with E-state index in [1.54, 1.807) is 30.3 Å². The minimum Gasteiger partial charge on any atom is -0.483 e. The zero-order chi connectivity index (χ0) is 24.7. The summed E-state index contributed by atoms with van der Waals surface area (Å²) >= 11 is 11.8. The molecule has 3 aromatic rings. The average molecular weight is 510 g/mol. The van der Waals surface area contributed by atoms with Crippen molar-refractivity contribution in [2.24, 2.45) is 5.10 Å². The van der Waals surface area contributed by atoms with E-state index in [1.807, 2.05) is 0 Å². The molecule has 0 fully saturated rings. The van der Waals surface area contributed by atoms with Gasteiger partial charge in [0.05, 0.1) is 27.4 Å². The number of alkyl halides is 3. The molecule has 0 heterocycles. The van der Waals surface area contributed by atoms with E-state index in [0.29, 0.717) is 16.3 Å². The molecule has 2 amide bonds. The summed E-state index contributed by atoms with van der Waals surface area (Å²) in [6.45, 7) is -0.351. The van der Waals surface area contributed by atoms with Crippen molar-refractivity contribution in [2.45, 2.75) is 6.18 Å². The van der Waals surface area contributed by atoms with Gasteiger partial charge >= 0.3 is 6.18 Å². The third-order valence-electron chi connectivity index (χ3n) is 4.33. The first kappa shape index (κ1) is 25.1. The van der Waals surface area contributed by atoms with Crippen LogP contribution in [0, 0.1) is 0 Å². The van der Waals surface area contributed by atoms with E-state index in [4.69, 9.17) is 27.9 Å². The van der Waals surface area contributed by atoms with Gasteiger partial charge in [0.2, 0.25) is 0 Å². The van der Waals surface area contributed by atoms with Gasteiger partial charge in [0.15, 0.2) is 6.61 Å². The van der Waals surface area contributed by atoms with E-state index in [-0.39, 0.29) is 17.4 Å². The number of ether oxygens (including phenoxy) is 1. The first-order chi connectivity index (χ1) is 16.1. The lowest BCUT2D eigenvalue weighted by Crippen LogP contribution is -2.22. The number of nitrogens with zero attached hydrogens (tertiary/aromatic N) is 1. The van der Waals surface area contributed by atoms with Crippen LogP contribution in [0.1, 0.15) is 21.5 Å². The number of nitrogens with one attached hydrogen (secondary N) is 2. The number of para-hydroxylation sites is 1. The first-order valence-corrected chi connectivity index (χ1v) is 10.4. The number of carbonyl (C=O) groups excluding carboxylic acids is 2. The molecule has 176 valence electrons. The molecule has 0 unspecified atom stereocenters. The molecule has 0 aliphatic rings. The number of amides is 2. The molecular formula is C23H16Cl2F3N3O3. The van der Waals surface area contributed by atoms with Crippen LogP contribution in [0.2, 0.25) is 10.0 Å². The highest BCUT2D eigenvalue weighted by Crippen LogP contribution is 2.31. The summed E-state index contributed by atoms with van der Waals surface area (Å²) in [4.78, 5) is 24.4. The molecule has 0 saturated carbocycles. The average Bonchev–Trinajstić information content (AvgIpc) is 2.80. The Kier molecular flexibility index (Phi) is 8.14. The SMILES string of the molecule is O=C(COc1ccccc1/C=N/NC(=O)c1ccccc1C(F)(F)F)Nc1ccc(Cl)c(Cl)c1. The molecule has 0 aliphatic heterocycles. The molecule has 6 nitrogen and oxygen atoms in total. The van der Waals surface area contributed by atoms with Gasteiger partial charge in [0, 0.05) is 11.3 Å². The van der Waals surface area contributed by atoms with Crippen molar-refractivity contribution >= 4 is 46.9 Å². The summed E-state index contributed by atoms with van der Waals surface area (Å²) in [6.07, 6.45) is -3.49. The minimum absolute atomic E-state index is 0.264. The van der Waals surface area contributed by atoms with Crippen LogP contribution in [0.3, 0.4) is 0 Å². The third-order valence-corrected chi connectivity index (χ3v) is 5.07. The Morgan fingerprint density at radius 3 is 2.41 bits per heavy atom. The van der Waals surface area contributed by atoms with Crippen molar-refractivity contribution < 1.29 is 27.5 Å². The van der Waals surface area contributed by atoms with Crippen molar-refractivity contribution in [1.29, 1.82) is 0 Å². The van der Waals surface area contributed by atoms with Gasteiger partial charge in [-0.15, -0.1) is 0 Å². The summed E-state index contributed by atoms with van der Waals surface area (Å²) in [5.74, 6) is -1.23. The summed E-state index contributed by atoms with van der Waals surface area (Å²) in [7, 11) is 0. The quantitative estimate of drug-likeness (QED) is 0.312. The maximum absolute atomic E-state index is 13.1. The number of hydrazone groups is 1. The van der Waals surface area contributed by atoms with E-state index < -0.39 is 29.1 Å². The maximum Gasteiger partial charge on any atom is 0.417 e. The van der Waals surface area contributed by atoms with Gasteiger partial charge in [-0.25, -0.2) is 5.43 Å². The Hall–Kier alpha value is -3.56. The molecule has 0 aromatic heterocycles. The van der Waals surface area contributed by atoms with Crippen molar-refractivity contribution in [3.05, 3.63) is 93.5 Å². The van der Waals surface area contributed by atoms with Gasteiger partial charge in [0.25, 0.3) is 11.8 Å². The van der Waals surface area contributed by atoms with Crippen molar-refractivity contribution in [2.75, 3.05) is 11.9 Å². The Labute approximate surface area is 202 Å². The second-order valence-electron chi connectivity index (χ2n) is 6.75. The molecule has 11 heteroatoms. The van der Waals surface area contributed by atoms with Crippen LogP contribution in [0.5, 0.6) is 5.75 Å². The standard InChI is InChI=1S/C23H16Cl2F3N3O3/c24-18-10-9-15(11-19(18)25)30-21(32)13-34-20-8-4-1-5-14(20)12-29-31-22(33)16-6-2-3-7-17(16)23(26,27)28/h1-12H,13H2,(H,30,32)(H,31,33)/b29-12+. The predicted octanol–water partition coefficient (Wildman–Crippen LogP) is 5.79. The van der Waals surface area contributed by atoms with Crippen molar-refractivity contribution in [3.63, 3.8) is 0 Å². The van der Waals surface area contributed by atoms with Crippen LogP contribution >= 0.6 is 23.2 Å². The smallest absolute Gasteiger partial charge is 0.417 e. The number of rotatable bonds is 7. The maximum atomic E-state index is 13.1. The van der Waals surface area contributed by atoms with Gasteiger partial charge in [-0.3, -0.25) is 9.59 Å². The minimum atomic E-state index is -4.68. The van der Waals surface area contributed by atoms with Crippen LogP contribution in [-0.2, 0) is 11.0 Å². The fourth-order valence-corrected chi connectivity index (χ4v) is 3.08. The monoisotopic (exact) mass is 509 g/mol. The van der Waals surface area contributed by atoms with Crippen LogP contribution in [0.4, 0.5) is 18.9 Å². The van der Waals surface area contributed by atoms with E-state index in [2.05, 4.69) is 15.8 Å². The molecule has 0 saturated heterocycles. The Morgan fingerprint density at radius 2 is 1.68 bits per heavy atom. The topological polar surface area (TPSA) is 79.8 Å². The second-order valence-corrected chi connectivity index (χ2v) is 7.56. The highest BCUT2D eigenvalue weighted by Gasteiger charge is 2.34. The van der Waals surface area contributed by atoms with Crippen molar-refractivity contribution in [3.8, 4) is 5.75 Å². The number of hydrogen-bond donors (Lipinski definition) is 2. The molecular weight excluding hydrogens is 494 g/mol. The predicted molar refractivity (Wildman–Crippen MR) is 124 cm³/mol. The number of anilines is 1. The molecule has 3 aromatic carbocycles. The molecule has 0 radical (unpaired) electrons. The Bertz CT molecular complexity index is 1230. The van der Waals surface area contributed by atoms with Crippen LogP contribution in [0.25, 0.3) is 0 Å². The lowest BCUT2D eigenvalue weighted by atomic mass is 10.1. The summed E-state index contributed by atoms with van der Waals surface area (Å²) in [6, 6.07) is 15.4. The fraction of sp³-hybridized carbons (Fsp3) is 0.0870. The molecule has 2 N–H and O–H groups in total. The molecule has 0 aliphatic carbocycles. The van der Waals surface area contributed by atoms with E-state index >= 15 is 0 Å². The normalized spacial score (nSPS) is 11.3. The van der Waals surface area contributed by atoms with E-state index in [0.717, 1.165) is 12.1 Å². The fourth-order valence-electron chi connectivity index (χ4n) is 2.78. The highest BCUT2D eigenvalue weighted by atomic mass is 35.5. The highest BCUT2D eigenvalue weighted by molar-refractivity contribution is 6.42. The lowest BCUT2D eigenvalue weighted by Gasteiger charge is -2.11. The Balaban J connectivity index is 1.62. The number of benzene rings is 3. The van der Waals surface area contributed by atoms with Crippen LogP contribution < -0.4 is 15.5 Å². The van der Waals surface area contributed by atoms with E-state index in [9.17, 15) is 22.8 Å². The molecule has 0 atom stereocenters. The lowest BCUT2D eigenvalue weighted by molar-refractivity contribution is -0.138. The largest absolute Gasteiger partial charge is 0.483 e. The molecule has 3 rings (SSSR count).